The van der Waals surface area contributed by atoms with Crippen molar-refractivity contribution in [1.82, 2.24) is 4.98 Å². The summed E-state index contributed by atoms with van der Waals surface area (Å²) in [6.07, 6.45) is -0.512. The number of aliphatic hydroxyl groups excluding tert-OH is 1. The van der Waals surface area contributed by atoms with Gasteiger partial charge in [-0.1, -0.05) is 0 Å². The van der Waals surface area contributed by atoms with E-state index in [1.807, 2.05) is 13.8 Å². The molecule has 0 aliphatic rings. The summed E-state index contributed by atoms with van der Waals surface area (Å²) in [5.74, 6) is 0.926. The molecule has 0 aliphatic carbocycles. The number of hydrogen-bond acceptors (Lipinski definition) is 10. The maximum atomic E-state index is 12.8. The van der Waals surface area contributed by atoms with Crippen molar-refractivity contribution in [2.24, 2.45) is 0 Å². The van der Waals surface area contributed by atoms with E-state index in [2.05, 4.69) is 10.3 Å². The van der Waals surface area contributed by atoms with Crippen LogP contribution in [0.1, 0.15) is 38.1 Å². The molecule has 12 heteroatoms. The first-order chi connectivity index (χ1) is 17.1. The summed E-state index contributed by atoms with van der Waals surface area (Å²) < 4.78 is 27.8. The molecule has 1 aromatic heterocycles. The molecule has 2 atom stereocenters. The Hall–Kier alpha value is -2.63. The summed E-state index contributed by atoms with van der Waals surface area (Å²) in [5, 5.41) is 15.0. The minimum absolute atomic E-state index is 0.111. The second-order valence-electron chi connectivity index (χ2n) is 8.00. The molecule has 2 aromatic carbocycles. The van der Waals surface area contributed by atoms with Crippen molar-refractivity contribution in [2.45, 2.75) is 46.4 Å². The summed E-state index contributed by atoms with van der Waals surface area (Å²) in [7, 11) is -2.55. The van der Waals surface area contributed by atoms with Crippen molar-refractivity contribution >= 4 is 35.6 Å². The molecule has 36 heavy (non-hydrogen) atoms. The molecule has 10 nitrogen and oxygen atoms in total. The third-order valence-electron chi connectivity index (χ3n) is 4.61. The Morgan fingerprint density at radius 3 is 2.31 bits per heavy atom. The van der Waals surface area contributed by atoms with E-state index in [1.54, 1.807) is 61.0 Å². The summed E-state index contributed by atoms with van der Waals surface area (Å²) in [6, 6.07) is 11.3. The van der Waals surface area contributed by atoms with Crippen molar-refractivity contribution in [3.8, 4) is 17.2 Å². The van der Waals surface area contributed by atoms with E-state index in [1.165, 1.54) is 25.4 Å². The number of carbonyl (C=O) groups excluding carboxylic acids is 1. The molecule has 1 heterocycles. The van der Waals surface area contributed by atoms with Gasteiger partial charge in [0.05, 0.1) is 0 Å². The van der Waals surface area contributed by atoms with Crippen LogP contribution in [-0.2, 0) is 13.8 Å². The third kappa shape index (κ3) is 7.94. The molecule has 0 aliphatic heterocycles. The van der Waals surface area contributed by atoms with Crippen LogP contribution in [0.2, 0.25) is 0 Å². The van der Waals surface area contributed by atoms with Crippen LogP contribution in [0.5, 0.6) is 17.2 Å². The maximum absolute atomic E-state index is 12.8. The van der Waals surface area contributed by atoms with Gasteiger partial charge < -0.3 is 0 Å². The molecule has 3 N–H and O–H groups in total. The second kappa shape index (κ2) is 12.6. The van der Waals surface area contributed by atoms with Crippen LogP contribution in [0.15, 0.2) is 54.0 Å². The minimum atomic E-state index is -3.98. The molecule has 0 spiro atoms. The van der Waals surface area contributed by atoms with Crippen LogP contribution in [0.4, 0.5) is 5.13 Å². The van der Waals surface area contributed by atoms with Gasteiger partial charge >= 0.3 is 203 Å². The van der Waals surface area contributed by atoms with Crippen LogP contribution in [0.25, 0.3) is 0 Å². The molecule has 0 bridgehead atoms. The van der Waals surface area contributed by atoms with Crippen LogP contribution in [0.3, 0.4) is 0 Å². The Balaban J connectivity index is 1.84. The summed E-state index contributed by atoms with van der Waals surface area (Å²) >= 11 is 1.31. The van der Waals surface area contributed by atoms with E-state index in [-0.39, 0.29) is 12.0 Å². The zero-order chi connectivity index (χ0) is 26.3. The van der Waals surface area contributed by atoms with Gasteiger partial charge in [0.25, 0.3) is 0 Å². The fourth-order valence-corrected chi connectivity index (χ4v) is 5.54. The third-order valence-corrected chi connectivity index (χ3v) is 7.67. The number of nitrogens with one attached hydrogen (secondary N) is 1. The normalized spacial score (nSPS) is 13.8. The molecule has 2 unspecified atom stereocenters. The van der Waals surface area contributed by atoms with E-state index in [4.69, 9.17) is 23.3 Å². The molecule has 0 fully saturated rings. The zero-order valence-electron chi connectivity index (χ0n) is 20.6. The number of methoxy groups -OCH3 is 1. The van der Waals surface area contributed by atoms with E-state index in [0.717, 1.165) is 0 Å². The average molecular weight is 539 g/mol. The number of nitrogens with zero attached hydrogens (tertiary/aromatic N) is 1. The fraction of sp³-hybridized carbons (Fsp3) is 0.333. The number of thiazole rings is 1. The standard InChI is InChI=1S/C24H31N2O8PS/c1-15(2)31-20-12-18(23(28)26-24-25-10-11-36-24)13-21(14-20)32-19-6-8-22(9-7-19)35(29,33-16(3)27)34-17(4)30-5/h6-17,27,29,35H,1-5H3,(H,25,26,28). The van der Waals surface area contributed by atoms with E-state index in [0.29, 0.717) is 33.2 Å². The van der Waals surface area contributed by atoms with Crippen LogP contribution >= 0.6 is 19.3 Å². The predicted octanol–water partition coefficient (Wildman–Crippen LogP) is 4.45. The Morgan fingerprint density at radius 1 is 1.03 bits per heavy atom. The quantitative estimate of drug-likeness (QED) is 0.226. The number of rotatable bonds is 12. The van der Waals surface area contributed by atoms with Crippen LogP contribution in [-0.4, -0.2) is 46.7 Å². The predicted molar refractivity (Wildman–Crippen MR) is 139 cm³/mol. The number of hydrogen-bond donors (Lipinski definition) is 3. The van der Waals surface area contributed by atoms with Gasteiger partial charge in [-0.2, -0.15) is 0 Å². The summed E-state index contributed by atoms with van der Waals surface area (Å²) in [5.41, 5.74) is 0.337. The summed E-state index contributed by atoms with van der Waals surface area (Å²) in [6.45, 7) is 6.75. The first-order valence-electron chi connectivity index (χ1n) is 11.2. The van der Waals surface area contributed by atoms with Gasteiger partial charge in [-0.15, -0.1) is 0 Å². The number of benzene rings is 2. The van der Waals surface area contributed by atoms with Crippen molar-refractivity contribution in [1.29, 1.82) is 0 Å². The van der Waals surface area contributed by atoms with E-state index in [9.17, 15) is 14.8 Å². The molecule has 0 saturated carbocycles. The monoisotopic (exact) mass is 538 g/mol. The SMILES string of the molecule is COC(C)O[PH](O)(OC(C)O)c1ccc(Oc2cc(OC(C)C)cc(C(=O)Nc3nccs3)c2)cc1. The van der Waals surface area contributed by atoms with Crippen molar-refractivity contribution in [2.75, 3.05) is 12.4 Å². The van der Waals surface area contributed by atoms with Gasteiger partial charge in [-0.25, -0.2) is 0 Å². The first kappa shape index (κ1) is 27.9. The molecule has 1 amide bonds. The number of aromatic nitrogens is 1. The van der Waals surface area contributed by atoms with Gasteiger partial charge in [0.2, 0.25) is 0 Å². The number of anilines is 1. The van der Waals surface area contributed by atoms with Crippen LogP contribution < -0.4 is 20.1 Å². The van der Waals surface area contributed by atoms with E-state index >= 15 is 0 Å². The topological polar surface area (TPSA) is 129 Å². The molecular weight excluding hydrogens is 507 g/mol. The molecule has 3 aromatic rings. The Kier molecular flexibility index (Phi) is 9.75. The Morgan fingerprint density at radius 2 is 1.72 bits per heavy atom. The van der Waals surface area contributed by atoms with Crippen molar-refractivity contribution < 1.29 is 38.1 Å². The number of aliphatic hydroxyl groups is 1. The second-order valence-corrected chi connectivity index (χ2v) is 11.1. The van der Waals surface area contributed by atoms with Crippen molar-refractivity contribution in [3.63, 3.8) is 0 Å². The van der Waals surface area contributed by atoms with Gasteiger partial charge in [-0.3, -0.25) is 0 Å². The summed E-state index contributed by atoms with van der Waals surface area (Å²) in [4.78, 5) is 27.9. The molecule has 0 saturated heterocycles. The van der Waals surface area contributed by atoms with Gasteiger partial charge in [-0.05, 0) is 0 Å². The average Bonchev–Trinajstić information content (AvgIpc) is 3.31. The van der Waals surface area contributed by atoms with E-state index < -0.39 is 20.5 Å². The zero-order valence-corrected chi connectivity index (χ0v) is 22.4. The Labute approximate surface area is 214 Å². The number of amides is 1. The number of ether oxygens (including phenoxy) is 3. The van der Waals surface area contributed by atoms with Gasteiger partial charge in [0.1, 0.15) is 0 Å². The molecule has 196 valence electrons. The van der Waals surface area contributed by atoms with Gasteiger partial charge in [0, 0.05) is 11.6 Å². The van der Waals surface area contributed by atoms with Crippen LogP contribution in [0, 0.1) is 0 Å². The number of carbonyl (C=O) groups is 1. The molecular formula is C24H31N2O8PS. The van der Waals surface area contributed by atoms with Gasteiger partial charge in [0.15, 0.2) is 0 Å². The first-order valence-corrected chi connectivity index (χ1v) is 13.8. The molecule has 0 radical (unpaired) electrons. The van der Waals surface area contributed by atoms with Crippen molar-refractivity contribution in [3.05, 3.63) is 59.6 Å². The Bertz CT molecular complexity index is 1130. The molecule has 3 rings (SSSR count). The fourth-order valence-electron chi connectivity index (χ4n) is 3.09.